The van der Waals surface area contributed by atoms with E-state index in [0.29, 0.717) is 27.8 Å². The summed E-state index contributed by atoms with van der Waals surface area (Å²) >= 11 is 0. The molecule has 156 valence electrons. The van der Waals surface area contributed by atoms with Crippen LogP contribution in [-0.2, 0) is 13.2 Å². The fourth-order valence-electron chi connectivity index (χ4n) is 3.28. The summed E-state index contributed by atoms with van der Waals surface area (Å²) in [5.41, 5.74) is 1.55. The van der Waals surface area contributed by atoms with Gasteiger partial charge in [0.2, 0.25) is 0 Å². The van der Waals surface area contributed by atoms with Crippen molar-refractivity contribution >= 4 is 28.0 Å². The van der Waals surface area contributed by atoms with Crippen LogP contribution in [0.25, 0.3) is 27.8 Å². The summed E-state index contributed by atoms with van der Waals surface area (Å²) in [6.45, 7) is 1.46. The third-order valence-corrected chi connectivity index (χ3v) is 4.73. The molecular weight excluding hydrogens is 399 g/mol. The Labute approximate surface area is 168 Å². The smallest absolute Gasteiger partial charge is 0.394 e. The predicted octanol–water partition coefficient (Wildman–Crippen LogP) is 3.04. The van der Waals surface area contributed by atoms with Gasteiger partial charge in [-0.3, -0.25) is 14.0 Å². The number of hydrogen-bond acceptors (Lipinski definition) is 4. The number of carbonyl (C=O) groups is 1. The largest absolute Gasteiger partial charge is 0.416 e. The van der Waals surface area contributed by atoms with Gasteiger partial charge in [0.25, 0.3) is 5.91 Å². The van der Waals surface area contributed by atoms with Crippen LogP contribution in [0, 0.1) is 0 Å². The molecule has 1 atom stereocenters. The number of fused-ring (bicyclic) bond motifs is 3. The van der Waals surface area contributed by atoms with E-state index < -0.39 is 23.7 Å². The highest BCUT2D eigenvalue weighted by atomic mass is 19.4. The lowest BCUT2D eigenvalue weighted by Crippen LogP contribution is -2.35. The first-order valence-corrected chi connectivity index (χ1v) is 9.13. The van der Waals surface area contributed by atoms with Crippen molar-refractivity contribution < 1.29 is 23.1 Å². The zero-order valence-corrected chi connectivity index (χ0v) is 16.1. The number of halogens is 3. The number of aliphatic hydroxyl groups is 1. The van der Waals surface area contributed by atoms with Gasteiger partial charge in [0.1, 0.15) is 11.2 Å². The lowest BCUT2D eigenvalue weighted by Gasteiger charge is -2.11. The van der Waals surface area contributed by atoms with E-state index >= 15 is 0 Å². The van der Waals surface area contributed by atoms with Gasteiger partial charge in [-0.2, -0.15) is 18.3 Å². The number of aliphatic hydroxyl groups excluding tert-OH is 1. The maximum atomic E-state index is 12.9. The van der Waals surface area contributed by atoms with Crippen LogP contribution in [0.3, 0.4) is 0 Å². The summed E-state index contributed by atoms with van der Waals surface area (Å²) < 4.78 is 42.0. The number of carbonyl (C=O) groups excluding carboxylic acids is 1. The minimum Gasteiger partial charge on any atom is -0.394 e. The van der Waals surface area contributed by atoms with Gasteiger partial charge < -0.3 is 10.4 Å². The number of aromatic nitrogens is 4. The number of rotatable bonds is 4. The monoisotopic (exact) mass is 417 g/mol. The SMILES string of the molecule is C[C@H](CO)NC(=O)c1ccc2c(n1)c1cn(C)nc1n2-c1ccc(C(F)(F)F)cc1. The van der Waals surface area contributed by atoms with Crippen molar-refractivity contribution in [1.82, 2.24) is 24.6 Å². The van der Waals surface area contributed by atoms with Gasteiger partial charge in [0.15, 0.2) is 5.65 Å². The van der Waals surface area contributed by atoms with Crippen molar-refractivity contribution in [3.05, 3.63) is 53.9 Å². The Hall–Kier alpha value is -3.40. The second-order valence-corrected chi connectivity index (χ2v) is 7.04. The molecule has 7 nitrogen and oxygen atoms in total. The Morgan fingerprint density at radius 2 is 1.90 bits per heavy atom. The zero-order chi connectivity index (χ0) is 21.6. The highest BCUT2D eigenvalue weighted by Gasteiger charge is 2.30. The highest BCUT2D eigenvalue weighted by Crippen LogP contribution is 2.33. The topological polar surface area (TPSA) is 85.0 Å². The molecule has 0 bridgehead atoms. The Balaban J connectivity index is 1.86. The van der Waals surface area contributed by atoms with Gasteiger partial charge in [0, 0.05) is 25.0 Å². The van der Waals surface area contributed by atoms with Crippen LogP contribution in [0.2, 0.25) is 0 Å². The Bertz CT molecular complexity index is 1240. The van der Waals surface area contributed by atoms with Crippen LogP contribution in [0.5, 0.6) is 0 Å². The van der Waals surface area contributed by atoms with Gasteiger partial charge in [-0.05, 0) is 43.3 Å². The number of nitrogens with one attached hydrogen (secondary N) is 1. The van der Waals surface area contributed by atoms with Crippen molar-refractivity contribution in [1.29, 1.82) is 0 Å². The van der Waals surface area contributed by atoms with Crippen LogP contribution in [0.1, 0.15) is 23.0 Å². The predicted molar refractivity (Wildman–Crippen MR) is 104 cm³/mol. The first-order valence-electron chi connectivity index (χ1n) is 9.13. The number of aryl methyl sites for hydroxylation is 1. The van der Waals surface area contributed by atoms with E-state index in [2.05, 4.69) is 15.4 Å². The molecule has 0 saturated carbocycles. The lowest BCUT2D eigenvalue weighted by molar-refractivity contribution is -0.137. The number of alkyl halides is 3. The van der Waals surface area contributed by atoms with E-state index in [1.807, 2.05) is 0 Å². The molecule has 0 radical (unpaired) electrons. The van der Waals surface area contributed by atoms with Gasteiger partial charge >= 0.3 is 6.18 Å². The van der Waals surface area contributed by atoms with E-state index in [4.69, 9.17) is 5.11 Å². The molecule has 30 heavy (non-hydrogen) atoms. The molecule has 3 heterocycles. The molecule has 0 aliphatic rings. The summed E-state index contributed by atoms with van der Waals surface area (Å²) in [6.07, 6.45) is -2.68. The van der Waals surface area contributed by atoms with Crippen molar-refractivity contribution in [3.8, 4) is 5.69 Å². The average Bonchev–Trinajstić information content (AvgIpc) is 3.21. The molecule has 0 unspecified atom stereocenters. The van der Waals surface area contributed by atoms with Crippen LogP contribution >= 0.6 is 0 Å². The second kappa shape index (κ2) is 7.13. The summed E-state index contributed by atoms with van der Waals surface area (Å²) in [7, 11) is 1.72. The molecule has 0 aliphatic carbocycles. The van der Waals surface area contributed by atoms with E-state index in [1.165, 1.54) is 18.2 Å². The molecule has 4 rings (SSSR count). The summed E-state index contributed by atoms with van der Waals surface area (Å²) in [4.78, 5) is 16.8. The summed E-state index contributed by atoms with van der Waals surface area (Å²) in [5.74, 6) is -0.433. The number of amides is 1. The van der Waals surface area contributed by atoms with Gasteiger partial charge in [-0.1, -0.05) is 0 Å². The Morgan fingerprint density at radius 1 is 1.20 bits per heavy atom. The number of benzene rings is 1. The summed E-state index contributed by atoms with van der Waals surface area (Å²) in [6, 6.07) is 7.56. The zero-order valence-electron chi connectivity index (χ0n) is 16.1. The fraction of sp³-hybridized carbons (Fsp3) is 0.250. The Morgan fingerprint density at radius 3 is 2.53 bits per heavy atom. The molecule has 0 spiro atoms. The molecule has 0 aliphatic heterocycles. The molecule has 10 heteroatoms. The maximum absolute atomic E-state index is 12.9. The number of pyridine rings is 1. The molecule has 2 N–H and O–H groups in total. The lowest BCUT2D eigenvalue weighted by atomic mass is 10.2. The van der Waals surface area contributed by atoms with Gasteiger partial charge in [0.05, 0.1) is 23.1 Å². The maximum Gasteiger partial charge on any atom is 0.416 e. The molecule has 4 aromatic rings. The van der Waals surface area contributed by atoms with Gasteiger partial charge in [-0.15, -0.1) is 0 Å². The molecule has 0 saturated heterocycles. The van der Waals surface area contributed by atoms with Crippen molar-refractivity contribution in [3.63, 3.8) is 0 Å². The van der Waals surface area contributed by atoms with Crippen molar-refractivity contribution in [2.24, 2.45) is 7.05 Å². The van der Waals surface area contributed by atoms with Crippen LogP contribution < -0.4 is 5.32 Å². The quantitative estimate of drug-likeness (QED) is 0.535. The normalized spacial score (nSPS) is 13.1. The van der Waals surface area contributed by atoms with E-state index in [1.54, 1.807) is 35.5 Å². The summed E-state index contributed by atoms with van der Waals surface area (Å²) in [5, 5.41) is 16.8. The van der Waals surface area contributed by atoms with Crippen LogP contribution in [0.15, 0.2) is 42.6 Å². The van der Waals surface area contributed by atoms with Gasteiger partial charge in [-0.25, -0.2) is 4.98 Å². The van der Waals surface area contributed by atoms with E-state index in [-0.39, 0.29) is 12.3 Å². The Kier molecular flexibility index (Phi) is 4.73. The first kappa shape index (κ1) is 19.9. The third kappa shape index (κ3) is 3.39. The minimum absolute atomic E-state index is 0.165. The number of nitrogens with zero attached hydrogens (tertiary/aromatic N) is 4. The van der Waals surface area contributed by atoms with Crippen molar-refractivity contribution in [2.45, 2.75) is 19.1 Å². The van der Waals surface area contributed by atoms with E-state index in [9.17, 15) is 18.0 Å². The third-order valence-electron chi connectivity index (χ3n) is 4.73. The van der Waals surface area contributed by atoms with Crippen LogP contribution in [-0.4, -0.2) is 43.0 Å². The highest BCUT2D eigenvalue weighted by molar-refractivity contribution is 6.07. The number of hydrogen-bond donors (Lipinski definition) is 2. The molecule has 0 fully saturated rings. The second-order valence-electron chi connectivity index (χ2n) is 7.04. The van der Waals surface area contributed by atoms with Crippen molar-refractivity contribution in [2.75, 3.05) is 6.61 Å². The molecule has 3 aromatic heterocycles. The molecule has 1 amide bonds. The molecule has 1 aromatic carbocycles. The first-order chi connectivity index (χ1) is 14.2. The van der Waals surface area contributed by atoms with E-state index in [0.717, 1.165) is 12.1 Å². The average molecular weight is 417 g/mol. The molecular formula is C20H18F3N5O2. The minimum atomic E-state index is -4.42. The fourth-order valence-corrected chi connectivity index (χ4v) is 3.28. The standard InChI is InChI=1S/C20H18F3N5O2/c1-11(10-29)24-19(30)15-7-8-16-17(25-15)14-9-27(2)26-18(14)28(16)13-5-3-12(4-6-13)20(21,22)23/h3-9,11,29H,10H2,1-2H3,(H,24,30)/t11-/m1/s1. The van der Waals surface area contributed by atoms with Crippen LogP contribution in [0.4, 0.5) is 13.2 Å².